The van der Waals surface area contributed by atoms with Gasteiger partial charge in [0.15, 0.2) is 0 Å². The van der Waals surface area contributed by atoms with Gasteiger partial charge in [0.25, 0.3) is 0 Å². The van der Waals surface area contributed by atoms with E-state index in [1.807, 2.05) is 0 Å². The van der Waals surface area contributed by atoms with Crippen LogP contribution in [0.5, 0.6) is 0 Å². The van der Waals surface area contributed by atoms with Crippen LogP contribution in [0.25, 0.3) is 0 Å². The van der Waals surface area contributed by atoms with E-state index in [-0.39, 0.29) is 5.17 Å². The molecule has 0 aromatic rings. The van der Waals surface area contributed by atoms with Gasteiger partial charge in [-0.3, -0.25) is 0 Å². The number of hydrogen-bond acceptors (Lipinski definition) is 4. The van der Waals surface area contributed by atoms with Crippen molar-refractivity contribution in [3.05, 3.63) is 0 Å². The highest BCUT2D eigenvalue weighted by Gasteiger charge is 2.07. The first kappa shape index (κ1) is 9.23. The van der Waals surface area contributed by atoms with Crippen molar-refractivity contribution in [2.24, 2.45) is 5.10 Å². The van der Waals surface area contributed by atoms with Gasteiger partial charge in [-0.15, -0.1) is 0 Å². The van der Waals surface area contributed by atoms with Crippen LogP contribution >= 0.6 is 11.6 Å². The Labute approximate surface area is 64.2 Å². The van der Waals surface area contributed by atoms with Gasteiger partial charge in [0.2, 0.25) is 5.17 Å². The zero-order valence-corrected chi connectivity index (χ0v) is 6.60. The van der Waals surface area contributed by atoms with E-state index in [2.05, 4.69) is 15.3 Å². The average molecular weight is 165 g/mol. The molecule has 58 valence electrons. The molecule has 10 heavy (non-hydrogen) atoms. The second kappa shape index (κ2) is 5.05. The van der Waals surface area contributed by atoms with Crippen molar-refractivity contribution in [1.82, 2.24) is 5.43 Å². The van der Waals surface area contributed by atoms with E-state index in [9.17, 15) is 4.79 Å². The van der Waals surface area contributed by atoms with Gasteiger partial charge >= 0.3 is 5.97 Å². The van der Waals surface area contributed by atoms with E-state index in [1.165, 1.54) is 0 Å². The lowest BCUT2D eigenvalue weighted by molar-refractivity contribution is -0.134. The summed E-state index contributed by atoms with van der Waals surface area (Å²) in [6.07, 6.45) is 0. The van der Waals surface area contributed by atoms with Gasteiger partial charge in [0.05, 0.1) is 6.61 Å². The number of rotatable bonds is 3. The van der Waals surface area contributed by atoms with E-state index in [1.54, 1.807) is 14.0 Å². The van der Waals surface area contributed by atoms with Gasteiger partial charge in [-0.05, 0) is 6.92 Å². The number of ether oxygens (including phenoxy) is 1. The largest absolute Gasteiger partial charge is 0.461 e. The molecule has 5 heteroatoms. The van der Waals surface area contributed by atoms with Crippen molar-refractivity contribution in [1.29, 1.82) is 0 Å². The summed E-state index contributed by atoms with van der Waals surface area (Å²) in [6.45, 7) is 2.00. The Kier molecular flexibility index (Phi) is 4.66. The second-order valence-corrected chi connectivity index (χ2v) is 1.70. The number of carbonyl (C=O) groups excluding carboxylic acids is 1. The number of halogens is 1. The molecule has 4 nitrogen and oxygen atoms in total. The number of carbonyl (C=O) groups is 1. The third-order valence-corrected chi connectivity index (χ3v) is 0.893. The molecule has 0 aliphatic heterocycles. The monoisotopic (exact) mass is 164 g/mol. The first-order valence-corrected chi connectivity index (χ1v) is 3.17. The summed E-state index contributed by atoms with van der Waals surface area (Å²) >= 11 is 5.32. The van der Waals surface area contributed by atoms with Crippen molar-refractivity contribution in [3.63, 3.8) is 0 Å². The summed E-state index contributed by atoms with van der Waals surface area (Å²) < 4.78 is 4.51. The summed E-state index contributed by atoms with van der Waals surface area (Å²) in [7, 11) is 1.54. The molecule has 0 aromatic heterocycles. The molecule has 0 spiro atoms. The Bertz CT molecular complexity index is 147. The van der Waals surface area contributed by atoms with Crippen molar-refractivity contribution < 1.29 is 9.53 Å². The third-order valence-electron chi connectivity index (χ3n) is 0.654. The third kappa shape index (κ3) is 3.29. The molecule has 0 aliphatic rings. The molecule has 0 heterocycles. The molecule has 0 fully saturated rings. The van der Waals surface area contributed by atoms with Crippen LogP contribution in [0.15, 0.2) is 5.10 Å². The smallest absolute Gasteiger partial charge is 0.370 e. The minimum Gasteiger partial charge on any atom is -0.461 e. The maximum Gasteiger partial charge on any atom is 0.370 e. The fraction of sp³-hybridized carbons (Fsp3) is 0.600. The summed E-state index contributed by atoms with van der Waals surface area (Å²) in [5, 5.41) is 3.21. The SMILES string of the molecule is CCOC(=O)/C(Cl)=N/NC. The highest BCUT2D eigenvalue weighted by molar-refractivity contribution is 6.81. The zero-order chi connectivity index (χ0) is 7.98. The molecule has 0 amide bonds. The predicted molar refractivity (Wildman–Crippen MR) is 39.0 cm³/mol. The highest BCUT2D eigenvalue weighted by atomic mass is 35.5. The molecule has 0 unspecified atom stereocenters. The average Bonchev–Trinajstić information content (AvgIpc) is 1.89. The van der Waals surface area contributed by atoms with Crippen LogP contribution in [0.4, 0.5) is 0 Å². The zero-order valence-electron chi connectivity index (χ0n) is 5.85. The number of hydrogen-bond donors (Lipinski definition) is 1. The Morgan fingerprint density at radius 3 is 2.80 bits per heavy atom. The van der Waals surface area contributed by atoms with Gasteiger partial charge in [-0.1, -0.05) is 11.6 Å². The number of hydrazone groups is 1. The lowest BCUT2D eigenvalue weighted by Gasteiger charge is -1.96. The van der Waals surface area contributed by atoms with Crippen LogP contribution in [0.1, 0.15) is 6.92 Å². The van der Waals surface area contributed by atoms with Crippen molar-refractivity contribution in [2.75, 3.05) is 13.7 Å². The number of esters is 1. The lowest BCUT2D eigenvalue weighted by Crippen LogP contribution is -2.14. The van der Waals surface area contributed by atoms with E-state index in [0.29, 0.717) is 6.61 Å². The summed E-state index contributed by atoms with van der Waals surface area (Å²) in [6, 6.07) is 0. The predicted octanol–water partition coefficient (Wildman–Crippen LogP) is 0.321. The first-order valence-electron chi connectivity index (χ1n) is 2.79. The maximum absolute atomic E-state index is 10.6. The quantitative estimate of drug-likeness (QED) is 0.371. The number of nitrogens with zero attached hydrogens (tertiary/aromatic N) is 1. The lowest BCUT2D eigenvalue weighted by atomic mass is 10.7. The Morgan fingerprint density at radius 2 is 2.40 bits per heavy atom. The highest BCUT2D eigenvalue weighted by Crippen LogP contribution is 1.88. The van der Waals surface area contributed by atoms with Gasteiger partial charge in [0, 0.05) is 7.05 Å². The van der Waals surface area contributed by atoms with E-state index < -0.39 is 5.97 Å². The fourth-order valence-corrected chi connectivity index (χ4v) is 0.474. The van der Waals surface area contributed by atoms with Crippen LogP contribution < -0.4 is 5.43 Å². The van der Waals surface area contributed by atoms with Crippen LogP contribution in [0.3, 0.4) is 0 Å². The Hall–Kier alpha value is -0.770. The standard InChI is InChI=1S/C5H9ClN2O2/c1-3-10-5(9)4(6)8-7-2/h7H,3H2,1-2H3/b8-4-. The molecule has 0 aliphatic carbocycles. The molecular formula is C5H9ClN2O2. The van der Waals surface area contributed by atoms with Crippen LogP contribution in [-0.4, -0.2) is 24.8 Å². The van der Waals surface area contributed by atoms with E-state index in [4.69, 9.17) is 11.6 Å². The second-order valence-electron chi connectivity index (χ2n) is 1.35. The van der Waals surface area contributed by atoms with Crippen molar-refractivity contribution in [2.45, 2.75) is 6.92 Å². The van der Waals surface area contributed by atoms with Crippen LogP contribution in [-0.2, 0) is 9.53 Å². The number of nitrogens with one attached hydrogen (secondary N) is 1. The minimum absolute atomic E-state index is 0.190. The van der Waals surface area contributed by atoms with Gasteiger partial charge in [-0.25, -0.2) is 4.79 Å². The summed E-state index contributed by atoms with van der Waals surface area (Å²) in [4.78, 5) is 10.6. The molecule has 1 N–H and O–H groups in total. The molecule has 0 aromatic carbocycles. The molecular weight excluding hydrogens is 156 g/mol. The fourth-order valence-electron chi connectivity index (χ4n) is 0.334. The maximum atomic E-state index is 10.6. The van der Waals surface area contributed by atoms with Crippen molar-refractivity contribution in [3.8, 4) is 0 Å². The van der Waals surface area contributed by atoms with Gasteiger partial charge in [0.1, 0.15) is 0 Å². The molecule has 0 radical (unpaired) electrons. The molecule has 0 bridgehead atoms. The van der Waals surface area contributed by atoms with Gasteiger partial charge < -0.3 is 10.2 Å². The molecule has 0 atom stereocenters. The first-order chi connectivity index (χ1) is 4.72. The Balaban J connectivity index is 3.82. The van der Waals surface area contributed by atoms with E-state index >= 15 is 0 Å². The van der Waals surface area contributed by atoms with Crippen LogP contribution in [0, 0.1) is 0 Å². The molecule has 0 saturated carbocycles. The topological polar surface area (TPSA) is 50.7 Å². The van der Waals surface area contributed by atoms with E-state index in [0.717, 1.165) is 0 Å². The minimum atomic E-state index is -0.612. The normalized spacial score (nSPS) is 10.9. The molecule has 0 saturated heterocycles. The Morgan fingerprint density at radius 1 is 1.80 bits per heavy atom. The summed E-state index contributed by atoms with van der Waals surface area (Å²) in [5.74, 6) is -0.612. The summed E-state index contributed by atoms with van der Waals surface area (Å²) in [5.41, 5.74) is 2.36. The molecule has 0 rings (SSSR count). The van der Waals surface area contributed by atoms with Crippen molar-refractivity contribution >= 4 is 22.7 Å². The van der Waals surface area contributed by atoms with Crippen LogP contribution in [0.2, 0.25) is 0 Å². The van der Waals surface area contributed by atoms with Gasteiger partial charge in [-0.2, -0.15) is 5.10 Å².